The molecule has 4 aliphatic heterocycles. The first-order chi connectivity index (χ1) is 85.7. The van der Waals surface area contributed by atoms with Gasteiger partial charge >= 0.3 is 0 Å². The highest BCUT2D eigenvalue weighted by molar-refractivity contribution is 7.90. The fraction of sp³-hybridized carbons (Fsp3) is 0.560. The summed E-state index contributed by atoms with van der Waals surface area (Å²) in [6.45, 7) is -15.9. The van der Waals surface area contributed by atoms with Crippen LogP contribution >= 0.6 is 0 Å². The van der Waals surface area contributed by atoms with Crippen molar-refractivity contribution in [1.82, 2.24) is 117 Å². The van der Waals surface area contributed by atoms with Gasteiger partial charge in [-0.15, -0.1) is 0 Å². The van der Waals surface area contributed by atoms with E-state index in [1.54, 1.807) is 16.4 Å². The molecule has 40 nitrogen and oxygen atoms in total. The molecule has 5 unspecified atom stereocenters. The molecule has 4 fully saturated rings. The number of ether oxygens (including phenoxy) is 4. The number of aromatic nitrogens is 16. The lowest BCUT2D eigenvalue weighted by atomic mass is 10.1. The Kier molecular flexibility index (Phi) is 22.5. The molecular formula is C100H144N24O16S4. The van der Waals surface area contributed by atoms with E-state index in [9.17, 15) is 52.8 Å². The summed E-state index contributed by atoms with van der Waals surface area (Å²) in [6, 6.07) is 8.60. The van der Waals surface area contributed by atoms with Crippen LogP contribution in [-0.4, -0.2) is 263 Å². The highest BCUT2D eigenvalue weighted by atomic mass is 32.2. The molecule has 8 N–H and O–H groups in total. The molecule has 16 rings (SSSR count). The van der Waals surface area contributed by atoms with Gasteiger partial charge in [-0.3, -0.25) is 37.9 Å². The molecule has 0 aliphatic carbocycles. The lowest BCUT2D eigenvalue weighted by Gasteiger charge is -2.19. The third-order valence-electron chi connectivity index (χ3n) is 22.6. The maximum Gasteiger partial charge on any atom is 0.277 e. The lowest BCUT2D eigenvalue weighted by molar-refractivity contribution is 0.297. The van der Waals surface area contributed by atoms with Gasteiger partial charge < -0.3 is 58.5 Å². The number of hydrogen-bond acceptors (Lipinski definition) is 28. The van der Waals surface area contributed by atoms with Gasteiger partial charge in [0.05, 0.1) is 91.0 Å². The summed E-state index contributed by atoms with van der Waals surface area (Å²) < 4.78 is 495. The van der Waals surface area contributed by atoms with E-state index in [1.165, 1.54) is 58.2 Å². The number of nitrogens with one attached hydrogen (secondary N) is 8. The van der Waals surface area contributed by atoms with Crippen LogP contribution in [0.2, 0.25) is 0 Å². The Bertz CT molecular complexity index is 9280. The second-order valence-corrected chi connectivity index (χ2v) is 39.9. The molecule has 4 aliphatic rings. The molecule has 12 aromatic rings. The maximum atomic E-state index is 13.6. The van der Waals surface area contributed by atoms with Crippen LogP contribution in [0.25, 0.3) is 89.7 Å². The summed E-state index contributed by atoms with van der Waals surface area (Å²) in [6.07, 6.45) is -18.9. The molecule has 44 heteroatoms. The first-order valence-electron chi connectivity index (χ1n) is 68.0. The van der Waals surface area contributed by atoms with Crippen molar-refractivity contribution in [2.75, 3.05) is 107 Å². The van der Waals surface area contributed by atoms with Gasteiger partial charge in [0.1, 0.15) is 68.4 Å². The lowest BCUT2D eigenvalue weighted by Crippen LogP contribution is -2.31. The van der Waals surface area contributed by atoms with Crippen molar-refractivity contribution in [1.29, 1.82) is 0 Å². The smallest absolute Gasteiger partial charge is 0.277 e. The Labute approximate surface area is 904 Å². The van der Waals surface area contributed by atoms with E-state index in [1.807, 2.05) is 25.5 Å². The second-order valence-electron chi connectivity index (χ2n) is 33.1. The van der Waals surface area contributed by atoms with Gasteiger partial charge in [-0.25, -0.2) is 72.5 Å². The number of hydrogen-bond donors (Lipinski definition) is 8. The standard InChI is InChI=1S/4C25H36N6O4S/c4*1-5-8-20-22-23(31(4)29-20)25(32)28-24(27-22)19-16-18(10-11-21(19)35-15-6-2)36(33,34)26-13-12-17-9-7-14-30(17)3/h4*10-11,16-17,26H,5-9,12-15H2,1-4H3,(H,27,28,32)/i3D3,5D2,8D2,12D2,13D2;3D3,4D3,5D2,12D2,13D2;3D3,4D3,5D2,12D2,13D;3D3,4D3,5D2,12D2. The Balaban J connectivity index is 0.000000203. The summed E-state index contributed by atoms with van der Waals surface area (Å²) in [7, 11) is -17.5. The number of nitrogens with zero attached hydrogens (tertiary/aromatic N) is 16. The monoisotopic (exact) mass is 2110 g/mol. The molecule has 144 heavy (non-hydrogen) atoms. The quantitative estimate of drug-likeness (QED) is 0.0176. The van der Waals surface area contributed by atoms with Crippen LogP contribution in [0, 0.1) is 0 Å². The Morgan fingerprint density at radius 2 is 0.646 bits per heavy atom. The molecule has 4 aromatic carbocycles. The van der Waals surface area contributed by atoms with Crippen LogP contribution < -0.4 is 60.1 Å². The number of rotatable bonds is 44. The minimum absolute atomic E-state index is 0.00907. The SMILES string of the molecule is [2H]C(NS(=O)(=O)c1ccc(OCCC)c(-c2nc3c(CC([2H])([2H])C)nn(C([2H])([2H])[2H])c3c(=O)[nH]2)c1)C([2H])([2H])C1CCCN1C([2H])([2H])[2H].[2H]C([2H])(C)Cc1nn(C([2H])([2H])[2H])c2c(=O)[nH]c(-c3cc(S(=O)(=O)NC([2H])([2H])C([2H])([2H])C4CCCN4C([2H])([2H])[2H])ccc3OCCC)nc12.[2H]C([2H])(C)Cc1nn(C([2H])([2H])[2H])c2c(=O)[nH]c(-c3cc(S(=O)(=O)NCC([2H])([2H])C4CCCN4C([2H])([2H])[2H])ccc3OCCC)nc12.[2H]C([2H])([2H])N1CCCC1C([2H])([2H])C([2H])([2H])NS(=O)(=O)c1ccc(OCCC)c(-c2nc3c(C([2H])([2H])C([2H])([2H])C)nn(C)c3c(=O)[nH]2)c1. The Morgan fingerprint density at radius 1 is 0.361 bits per heavy atom. The summed E-state index contributed by atoms with van der Waals surface area (Å²) in [5.41, 5.74) is -7.14. The zero-order valence-corrected chi connectivity index (χ0v) is 83.4. The number of benzene rings is 4. The molecular weight excluding hydrogens is 1920 g/mol. The predicted molar refractivity (Wildman–Crippen MR) is 559 cm³/mol. The van der Waals surface area contributed by atoms with E-state index in [4.69, 9.17) is 79.3 Å². The first-order valence-corrected chi connectivity index (χ1v) is 51.8. The Hall–Kier alpha value is -11.0. The molecule has 0 radical (unpaired) electrons. The van der Waals surface area contributed by atoms with Crippen molar-refractivity contribution in [3.8, 4) is 68.5 Å². The fourth-order valence-corrected chi connectivity index (χ4v) is 19.1. The third-order valence-corrected chi connectivity index (χ3v) is 27.8. The van der Waals surface area contributed by atoms with Crippen molar-refractivity contribution in [2.24, 2.45) is 28.0 Å². The van der Waals surface area contributed by atoms with Crippen LogP contribution in [0.5, 0.6) is 23.0 Å². The van der Waals surface area contributed by atoms with Gasteiger partial charge in [-0.2, -0.15) is 20.4 Å². The molecule has 12 heterocycles. The minimum atomic E-state index is -4.89. The first kappa shape index (κ1) is 64.8. The normalized spacial score (nSPS) is 23.2. The molecule has 8 aromatic heterocycles. The van der Waals surface area contributed by atoms with E-state index in [2.05, 4.69) is 65.0 Å². The summed E-state index contributed by atoms with van der Waals surface area (Å²) >= 11 is 0. The average molecular weight is 2110 g/mol. The molecule has 0 amide bonds. The second kappa shape index (κ2) is 49.9. The predicted octanol–water partition coefficient (Wildman–Crippen LogP) is 11.3. The van der Waals surface area contributed by atoms with Crippen molar-refractivity contribution in [2.45, 2.75) is 253 Å². The van der Waals surface area contributed by atoms with Crippen molar-refractivity contribution in [3.63, 3.8) is 0 Å². The topological polar surface area (TPSA) is 489 Å². The van der Waals surface area contributed by atoms with E-state index in [-0.39, 0.29) is 216 Å². The number of likely N-dealkylation sites (tertiary alicyclic amines) is 4. The van der Waals surface area contributed by atoms with Gasteiger partial charge in [0, 0.05) is 139 Å². The zero-order valence-electron chi connectivity index (χ0n) is 124. The highest BCUT2D eigenvalue weighted by Crippen LogP contribution is 2.38. The van der Waals surface area contributed by atoms with Gasteiger partial charge in [-0.1, -0.05) is 80.9 Å². The van der Waals surface area contributed by atoms with Crippen molar-refractivity contribution >= 4 is 84.2 Å². The van der Waals surface area contributed by atoms with E-state index < -0.39 is 269 Å². The van der Waals surface area contributed by atoms with Crippen LogP contribution in [0.1, 0.15) is 267 Å². The molecule has 4 saturated heterocycles. The number of fused-ring (bicyclic) bond motifs is 4. The highest BCUT2D eigenvalue weighted by Gasteiger charge is 2.32. The Morgan fingerprint density at radius 3 is 0.944 bits per heavy atom. The molecule has 5 atom stereocenters. The van der Waals surface area contributed by atoms with E-state index in [0.717, 1.165) is 73.7 Å². The minimum Gasteiger partial charge on any atom is -0.493 e. The summed E-state index contributed by atoms with van der Waals surface area (Å²) in [5, 5.41) is 16.0. The summed E-state index contributed by atoms with van der Waals surface area (Å²) in [5.74, 6) is -0.726. The van der Waals surface area contributed by atoms with Crippen molar-refractivity contribution < 1.29 is 113 Å². The van der Waals surface area contributed by atoms with Crippen LogP contribution in [0.3, 0.4) is 0 Å². The molecule has 784 valence electrons. The number of H-pyrrole nitrogens is 4. The molecule has 0 saturated carbocycles. The molecule has 0 spiro atoms. The van der Waals surface area contributed by atoms with E-state index >= 15 is 0 Å². The third kappa shape index (κ3) is 26.5. The van der Waals surface area contributed by atoms with Gasteiger partial charge in [-0.05, 0) is 255 Å². The average Bonchev–Trinajstić information content (AvgIpc) is 1.56. The maximum absolute atomic E-state index is 13.6. The van der Waals surface area contributed by atoms with Crippen LogP contribution in [0.15, 0.2) is 112 Å². The fourth-order valence-electron chi connectivity index (χ4n) is 15.6. The largest absolute Gasteiger partial charge is 0.493 e. The number of aryl methyl sites for hydroxylation is 8. The zero-order chi connectivity index (χ0) is 142. The number of sulfonamides is 4. The van der Waals surface area contributed by atoms with Gasteiger partial charge in [0.25, 0.3) is 22.2 Å². The van der Waals surface area contributed by atoms with Gasteiger partial charge in [0.2, 0.25) is 40.1 Å². The van der Waals surface area contributed by atoms with Crippen molar-refractivity contribution in [3.05, 3.63) is 137 Å². The van der Waals surface area contributed by atoms with E-state index in [0.29, 0.717) is 52.6 Å². The summed E-state index contributed by atoms with van der Waals surface area (Å²) in [4.78, 5) is 82.3. The van der Waals surface area contributed by atoms with Gasteiger partial charge in [0.15, 0.2) is 22.1 Å². The van der Waals surface area contributed by atoms with Crippen LogP contribution in [0.4, 0.5) is 0 Å². The van der Waals surface area contributed by atoms with Crippen LogP contribution in [-0.2, 0) is 93.7 Å². The molecule has 0 bridgehead atoms. The number of aromatic amines is 4.